The summed E-state index contributed by atoms with van der Waals surface area (Å²) in [5.74, 6) is -2.99. The van der Waals surface area contributed by atoms with Gasteiger partial charge in [0.15, 0.2) is 0 Å². The lowest BCUT2D eigenvalue weighted by molar-refractivity contribution is -0.149. The summed E-state index contributed by atoms with van der Waals surface area (Å²) in [5, 5.41) is 20.2. The number of hydrogen-bond donors (Lipinski definition) is 4. The molecule has 1 aliphatic carbocycles. The molecule has 7 nitrogen and oxygen atoms in total. The van der Waals surface area contributed by atoms with E-state index in [1.54, 1.807) is 0 Å². The first-order valence-electron chi connectivity index (χ1n) is 5.90. The Morgan fingerprint density at radius 1 is 1.17 bits per heavy atom. The average molecular weight is 258 g/mol. The van der Waals surface area contributed by atoms with Gasteiger partial charge in [0.1, 0.15) is 5.54 Å². The Kier molecular flexibility index (Phi) is 4.66. The van der Waals surface area contributed by atoms with Gasteiger partial charge in [-0.2, -0.15) is 0 Å². The van der Waals surface area contributed by atoms with Crippen LogP contribution in [0.25, 0.3) is 0 Å². The summed E-state index contributed by atoms with van der Waals surface area (Å²) in [4.78, 5) is 33.4. The Bertz CT molecular complexity index is 349. The Morgan fingerprint density at radius 3 is 2.17 bits per heavy atom. The molecule has 1 aliphatic rings. The fourth-order valence-corrected chi connectivity index (χ4v) is 2.16. The normalized spacial score (nSPS) is 19.8. The van der Waals surface area contributed by atoms with Crippen molar-refractivity contribution in [3.63, 3.8) is 0 Å². The first kappa shape index (κ1) is 14.4. The molecule has 0 spiro atoms. The van der Waals surface area contributed by atoms with Crippen LogP contribution in [0.3, 0.4) is 0 Å². The largest absolute Gasteiger partial charge is 0.481 e. The van der Waals surface area contributed by atoms with Crippen LogP contribution >= 0.6 is 0 Å². The van der Waals surface area contributed by atoms with Crippen molar-refractivity contribution in [3.8, 4) is 0 Å². The van der Waals surface area contributed by atoms with Crippen LogP contribution in [-0.4, -0.2) is 39.6 Å². The number of aliphatic carboxylic acids is 2. The topological polar surface area (TPSA) is 130 Å². The molecule has 0 aromatic carbocycles. The predicted octanol–water partition coefficient (Wildman–Crippen LogP) is -0.308. The fraction of sp³-hybridized carbons (Fsp3) is 0.727. The maximum absolute atomic E-state index is 11.7. The second kappa shape index (κ2) is 5.81. The zero-order chi connectivity index (χ0) is 13.8. The molecule has 0 heterocycles. The first-order chi connectivity index (χ1) is 8.37. The highest BCUT2D eigenvalue weighted by molar-refractivity contribution is 5.91. The molecule has 0 radical (unpaired) electrons. The van der Waals surface area contributed by atoms with Crippen LogP contribution in [0.1, 0.15) is 38.5 Å². The number of amides is 1. The predicted molar refractivity (Wildman–Crippen MR) is 61.8 cm³/mol. The van der Waals surface area contributed by atoms with E-state index in [4.69, 9.17) is 10.8 Å². The van der Waals surface area contributed by atoms with Gasteiger partial charge in [0.2, 0.25) is 5.91 Å². The molecule has 1 amide bonds. The van der Waals surface area contributed by atoms with Crippen LogP contribution in [0.5, 0.6) is 0 Å². The molecule has 0 aromatic heterocycles. The van der Waals surface area contributed by atoms with Gasteiger partial charge in [-0.3, -0.25) is 9.59 Å². The summed E-state index contributed by atoms with van der Waals surface area (Å²) in [6.45, 7) is 0. The molecule has 18 heavy (non-hydrogen) atoms. The van der Waals surface area contributed by atoms with E-state index >= 15 is 0 Å². The van der Waals surface area contributed by atoms with Gasteiger partial charge >= 0.3 is 11.9 Å². The molecule has 1 atom stereocenters. The highest BCUT2D eigenvalue weighted by atomic mass is 16.4. The molecule has 1 unspecified atom stereocenters. The van der Waals surface area contributed by atoms with E-state index in [0.717, 1.165) is 19.3 Å². The number of rotatable bonds is 5. The quantitative estimate of drug-likeness (QED) is 0.535. The highest BCUT2D eigenvalue weighted by Crippen LogP contribution is 2.28. The van der Waals surface area contributed by atoms with Crippen LogP contribution in [0.15, 0.2) is 0 Å². The number of nitrogens with two attached hydrogens (primary N) is 1. The molecule has 1 rings (SSSR count). The second-order valence-electron chi connectivity index (χ2n) is 4.64. The van der Waals surface area contributed by atoms with Gasteiger partial charge in [0.25, 0.3) is 0 Å². The maximum Gasteiger partial charge on any atom is 0.329 e. The molecule has 1 fully saturated rings. The summed E-state index contributed by atoms with van der Waals surface area (Å²) in [6.07, 6.45) is 2.58. The minimum atomic E-state index is -1.29. The number of hydrogen-bond acceptors (Lipinski definition) is 4. The summed E-state index contributed by atoms with van der Waals surface area (Å²) in [7, 11) is 0. The molecule has 0 aliphatic heterocycles. The lowest BCUT2D eigenvalue weighted by atomic mass is 9.81. The van der Waals surface area contributed by atoms with Crippen molar-refractivity contribution < 1.29 is 24.6 Å². The number of carboxylic acids is 2. The van der Waals surface area contributed by atoms with E-state index in [-0.39, 0.29) is 0 Å². The monoisotopic (exact) mass is 258 g/mol. The molecule has 1 saturated carbocycles. The third-order valence-corrected chi connectivity index (χ3v) is 3.21. The molecule has 0 aromatic rings. The molecule has 7 heteroatoms. The number of carbonyl (C=O) groups excluding carboxylic acids is 1. The summed E-state index contributed by atoms with van der Waals surface area (Å²) in [6, 6.07) is -1.22. The van der Waals surface area contributed by atoms with Crippen molar-refractivity contribution in [2.24, 2.45) is 5.73 Å². The zero-order valence-corrected chi connectivity index (χ0v) is 10.0. The van der Waals surface area contributed by atoms with E-state index in [1.807, 2.05) is 0 Å². The third-order valence-electron chi connectivity index (χ3n) is 3.21. The van der Waals surface area contributed by atoms with Crippen molar-refractivity contribution in [1.82, 2.24) is 5.32 Å². The molecule has 0 bridgehead atoms. The second-order valence-corrected chi connectivity index (χ2v) is 4.64. The maximum atomic E-state index is 11.7. The molecular formula is C11H18N2O5. The van der Waals surface area contributed by atoms with Gasteiger partial charge < -0.3 is 21.3 Å². The Balaban J connectivity index is 2.69. The standard InChI is InChI=1S/C11H18N2O5/c12-7(6-8(14)15)9(16)13-11(10(17)18)4-2-1-3-5-11/h7H,1-6,12H2,(H,13,16)(H,14,15)(H,17,18). The van der Waals surface area contributed by atoms with E-state index in [0.29, 0.717) is 12.8 Å². The van der Waals surface area contributed by atoms with E-state index in [1.165, 1.54) is 0 Å². The Morgan fingerprint density at radius 2 is 1.72 bits per heavy atom. The zero-order valence-electron chi connectivity index (χ0n) is 10.0. The van der Waals surface area contributed by atoms with E-state index in [2.05, 4.69) is 5.32 Å². The molecule has 5 N–H and O–H groups in total. The van der Waals surface area contributed by atoms with Crippen molar-refractivity contribution in [2.75, 3.05) is 0 Å². The van der Waals surface area contributed by atoms with Crippen molar-refractivity contribution in [2.45, 2.75) is 50.1 Å². The highest BCUT2D eigenvalue weighted by Gasteiger charge is 2.41. The molecule has 102 valence electrons. The van der Waals surface area contributed by atoms with Gasteiger partial charge in [0, 0.05) is 0 Å². The van der Waals surface area contributed by atoms with Gasteiger partial charge in [-0.05, 0) is 12.8 Å². The van der Waals surface area contributed by atoms with Crippen molar-refractivity contribution in [3.05, 3.63) is 0 Å². The minimum Gasteiger partial charge on any atom is -0.481 e. The Hall–Kier alpha value is -1.63. The van der Waals surface area contributed by atoms with Gasteiger partial charge in [-0.25, -0.2) is 4.79 Å². The average Bonchev–Trinajstić information content (AvgIpc) is 2.29. The third kappa shape index (κ3) is 3.43. The Labute approximate surface area is 104 Å². The van der Waals surface area contributed by atoms with Crippen LogP contribution in [0.2, 0.25) is 0 Å². The van der Waals surface area contributed by atoms with Gasteiger partial charge in [-0.15, -0.1) is 0 Å². The van der Waals surface area contributed by atoms with Crippen LogP contribution in [0, 0.1) is 0 Å². The van der Waals surface area contributed by atoms with E-state index in [9.17, 15) is 19.5 Å². The lowest BCUT2D eigenvalue weighted by Crippen LogP contribution is -2.59. The number of carbonyl (C=O) groups is 3. The van der Waals surface area contributed by atoms with Crippen LogP contribution < -0.4 is 11.1 Å². The molecule has 0 saturated heterocycles. The van der Waals surface area contributed by atoms with E-state index < -0.39 is 35.8 Å². The molecular weight excluding hydrogens is 240 g/mol. The van der Waals surface area contributed by atoms with Gasteiger partial charge in [-0.1, -0.05) is 19.3 Å². The van der Waals surface area contributed by atoms with Crippen molar-refractivity contribution >= 4 is 17.8 Å². The van der Waals surface area contributed by atoms with Crippen LogP contribution in [-0.2, 0) is 14.4 Å². The number of carboxylic acid groups (broad SMARTS) is 2. The number of nitrogens with one attached hydrogen (secondary N) is 1. The van der Waals surface area contributed by atoms with Gasteiger partial charge in [0.05, 0.1) is 12.5 Å². The van der Waals surface area contributed by atoms with Crippen molar-refractivity contribution in [1.29, 1.82) is 0 Å². The SMILES string of the molecule is NC(CC(=O)O)C(=O)NC1(C(=O)O)CCCCC1. The smallest absolute Gasteiger partial charge is 0.329 e. The fourth-order valence-electron chi connectivity index (χ4n) is 2.16. The summed E-state index contributed by atoms with van der Waals surface area (Å²) >= 11 is 0. The minimum absolute atomic E-state index is 0.355. The summed E-state index contributed by atoms with van der Waals surface area (Å²) < 4.78 is 0. The lowest BCUT2D eigenvalue weighted by Gasteiger charge is -2.34. The van der Waals surface area contributed by atoms with Crippen LogP contribution in [0.4, 0.5) is 0 Å². The summed E-state index contributed by atoms with van der Waals surface area (Å²) in [5.41, 5.74) is 4.12. The first-order valence-corrected chi connectivity index (χ1v) is 5.90.